The molecule has 0 radical (unpaired) electrons. The first-order valence-electron chi connectivity index (χ1n) is 6.70. The number of fused-ring (bicyclic) bond motifs is 1. The number of benzene rings is 1. The normalized spacial score (nSPS) is 25.5. The van der Waals surface area contributed by atoms with Crippen molar-refractivity contribution in [3.8, 4) is 11.3 Å². The van der Waals surface area contributed by atoms with Crippen LogP contribution >= 0.6 is 22.9 Å². The summed E-state index contributed by atoms with van der Waals surface area (Å²) in [7, 11) is 0. The predicted molar refractivity (Wildman–Crippen MR) is 79.4 cm³/mol. The molecule has 19 heavy (non-hydrogen) atoms. The second-order valence-corrected chi connectivity index (χ2v) is 6.96. The average Bonchev–Trinajstić information content (AvgIpc) is 2.84. The van der Waals surface area contributed by atoms with Crippen LogP contribution in [0.3, 0.4) is 0 Å². The SMILES string of the molecule is Clc1ccc(-c2csc(CN3CC4CC4C3)n2)cc1. The van der Waals surface area contributed by atoms with E-state index in [1.807, 2.05) is 24.3 Å². The van der Waals surface area contributed by atoms with Crippen molar-refractivity contribution >= 4 is 22.9 Å². The minimum Gasteiger partial charge on any atom is -0.296 e. The first-order chi connectivity index (χ1) is 9.28. The van der Waals surface area contributed by atoms with Gasteiger partial charge in [-0.3, -0.25) is 4.90 Å². The van der Waals surface area contributed by atoms with E-state index in [-0.39, 0.29) is 0 Å². The Morgan fingerprint density at radius 2 is 1.95 bits per heavy atom. The molecule has 2 atom stereocenters. The highest BCUT2D eigenvalue weighted by Gasteiger charge is 2.44. The molecule has 2 fully saturated rings. The van der Waals surface area contributed by atoms with Gasteiger partial charge in [0.1, 0.15) is 5.01 Å². The van der Waals surface area contributed by atoms with Crippen molar-refractivity contribution in [1.82, 2.24) is 9.88 Å². The molecule has 1 aromatic heterocycles. The highest BCUT2D eigenvalue weighted by atomic mass is 35.5. The molecule has 1 saturated heterocycles. The maximum absolute atomic E-state index is 5.91. The minimum absolute atomic E-state index is 0.774. The van der Waals surface area contributed by atoms with Crippen LogP contribution in [0.2, 0.25) is 5.02 Å². The van der Waals surface area contributed by atoms with Crippen LogP contribution in [0.4, 0.5) is 0 Å². The summed E-state index contributed by atoms with van der Waals surface area (Å²) in [6.07, 6.45) is 1.46. The van der Waals surface area contributed by atoms with Gasteiger partial charge in [-0.25, -0.2) is 4.98 Å². The number of likely N-dealkylation sites (tertiary alicyclic amines) is 1. The Labute approximate surface area is 122 Å². The summed E-state index contributed by atoms with van der Waals surface area (Å²) < 4.78 is 0. The molecule has 1 aliphatic carbocycles. The van der Waals surface area contributed by atoms with Gasteiger partial charge < -0.3 is 0 Å². The maximum Gasteiger partial charge on any atom is 0.107 e. The van der Waals surface area contributed by atoms with Gasteiger partial charge in [-0.2, -0.15) is 0 Å². The lowest BCUT2D eigenvalue weighted by Crippen LogP contribution is -2.21. The van der Waals surface area contributed by atoms with Gasteiger partial charge in [-0.15, -0.1) is 11.3 Å². The zero-order chi connectivity index (χ0) is 12.8. The van der Waals surface area contributed by atoms with Gasteiger partial charge in [-0.05, 0) is 30.4 Å². The van der Waals surface area contributed by atoms with Crippen molar-refractivity contribution in [3.05, 3.63) is 39.7 Å². The fourth-order valence-corrected chi connectivity index (χ4v) is 3.92. The first kappa shape index (κ1) is 11.9. The predicted octanol–water partition coefficient (Wildman–Crippen LogP) is 3.92. The molecule has 4 heteroatoms. The van der Waals surface area contributed by atoms with Crippen LogP contribution in [-0.2, 0) is 6.54 Å². The number of hydrogen-bond donors (Lipinski definition) is 0. The van der Waals surface area contributed by atoms with Crippen molar-refractivity contribution < 1.29 is 0 Å². The van der Waals surface area contributed by atoms with Gasteiger partial charge in [0, 0.05) is 29.1 Å². The second kappa shape index (κ2) is 4.58. The van der Waals surface area contributed by atoms with E-state index in [0.29, 0.717) is 0 Å². The Hall–Kier alpha value is -0.900. The summed E-state index contributed by atoms with van der Waals surface area (Å²) in [6.45, 7) is 3.58. The lowest BCUT2D eigenvalue weighted by atomic mass is 10.2. The largest absolute Gasteiger partial charge is 0.296 e. The van der Waals surface area contributed by atoms with E-state index in [4.69, 9.17) is 16.6 Å². The van der Waals surface area contributed by atoms with E-state index in [0.717, 1.165) is 34.7 Å². The standard InChI is InChI=1S/C15H15ClN2S/c16-13-3-1-10(2-4-13)14-9-19-15(17-14)8-18-6-11-5-12(11)7-18/h1-4,9,11-12H,5-8H2. The second-order valence-electron chi connectivity index (χ2n) is 5.58. The number of halogens is 1. The number of rotatable bonds is 3. The summed E-state index contributed by atoms with van der Waals surface area (Å²) >= 11 is 7.68. The third-order valence-corrected chi connectivity index (χ3v) is 5.19. The summed E-state index contributed by atoms with van der Waals surface area (Å²) in [5.41, 5.74) is 2.22. The molecular weight excluding hydrogens is 276 g/mol. The average molecular weight is 291 g/mol. The lowest BCUT2D eigenvalue weighted by molar-refractivity contribution is 0.297. The number of nitrogens with zero attached hydrogens (tertiary/aromatic N) is 2. The Kier molecular flexibility index (Phi) is 2.87. The lowest BCUT2D eigenvalue weighted by Gasteiger charge is -2.14. The monoisotopic (exact) mass is 290 g/mol. The number of aromatic nitrogens is 1. The van der Waals surface area contributed by atoms with E-state index in [2.05, 4.69) is 10.3 Å². The summed E-state index contributed by atoms with van der Waals surface area (Å²) in [4.78, 5) is 7.29. The van der Waals surface area contributed by atoms with E-state index in [9.17, 15) is 0 Å². The fourth-order valence-electron chi connectivity index (χ4n) is 2.95. The molecule has 1 saturated carbocycles. The zero-order valence-electron chi connectivity index (χ0n) is 10.6. The van der Waals surface area contributed by atoms with Gasteiger partial charge in [0.05, 0.1) is 12.2 Å². The van der Waals surface area contributed by atoms with Crippen molar-refractivity contribution in [2.24, 2.45) is 11.8 Å². The molecule has 0 N–H and O–H groups in total. The molecule has 2 nitrogen and oxygen atoms in total. The van der Waals surface area contributed by atoms with E-state index >= 15 is 0 Å². The highest BCUT2D eigenvalue weighted by Crippen LogP contribution is 2.45. The van der Waals surface area contributed by atoms with Crippen LogP contribution in [-0.4, -0.2) is 23.0 Å². The third-order valence-electron chi connectivity index (χ3n) is 4.11. The van der Waals surface area contributed by atoms with Crippen LogP contribution in [0.25, 0.3) is 11.3 Å². The number of thiazole rings is 1. The summed E-state index contributed by atoms with van der Waals surface area (Å²) in [6, 6.07) is 7.91. The number of hydrogen-bond acceptors (Lipinski definition) is 3. The molecule has 2 aromatic rings. The minimum atomic E-state index is 0.774. The fraction of sp³-hybridized carbons (Fsp3) is 0.400. The van der Waals surface area contributed by atoms with Crippen LogP contribution in [0, 0.1) is 11.8 Å². The topological polar surface area (TPSA) is 16.1 Å². The Bertz CT molecular complexity index is 582. The smallest absolute Gasteiger partial charge is 0.107 e. The van der Waals surface area contributed by atoms with Gasteiger partial charge in [0.2, 0.25) is 0 Å². The summed E-state index contributed by atoms with van der Waals surface area (Å²) in [5.74, 6) is 1.99. The van der Waals surface area contributed by atoms with Crippen molar-refractivity contribution in [1.29, 1.82) is 0 Å². The quantitative estimate of drug-likeness (QED) is 0.852. The van der Waals surface area contributed by atoms with Gasteiger partial charge in [-0.1, -0.05) is 23.7 Å². The van der Waals surface area contributed by atoms with Gasteiger partial charge in [0.15, 0.2) is 0 Å². The Balaban J connectivity index is 1.48. The highest BCUT2D eigenvalue weighted by molar-refractivity contribution is 7.09. The molecule has 4 rings (SSSR count). The Morgan fingerprint density at radius 1 is 1.21 bits per heavy atom. The van der Waals surface area contributed by atoms with E-state index in [1.54, 1.807) is 11.3 Å². The molecule has 98 valence electrons. The molecule has 2 heterocycles. The van der Waals surface area contributed by atoms with Crippen LogP contribution in [0.5, 0.6) is 0 Å². The molecule has 1 aliphatic heterocycles. The Morgan fingerprint density at radius 3 is 2.68 bits per heavy atom. The van der Waals surface area contributed by atoms with E-state index < -0.39 is 0 Å². The molecule has 0 bridgehead atoms. The van der Waals surface area contributed by atoms with Crippen LogP contribution in [0.1, 0.15) is 11.4 Å². The van der Waals surface area contributed by atoms with Gasteiger partial charge >= 0.3 is 0 Å². The zero-order valence-corrected chi connectivity index (χ0v) is 12.1. The molecule has 2 unspecified atom stereocenters. The molecule has 0 amide bonds. The summed E-state index contributed by atoms with van der Waals surface area (Å²) in [5, 5.41) is 4.15. The number of piperidine rings is 1. The third kappa shape index (κ3) is 2.42. The van der Waals surface area contributed by atoms with Crippen molar-refractivity contribution in [3.63, 3.8) is 0 Å². The first-order valence-corrected chi connectivity index (χ1v) is 7.96. The molecule has 0 spiro atoms. The van der Waals surface area contributed by atoms with Crippen LogP contribution < -0.4 is 0 Å². The van der Waals surface area contributed by atoms with Crippen molar-refractivity contribution in [2.75, 3.05) is 13.1 Å². The molecule has 2 aliphatic rings. The van der Waals surface area contributed by atoms with E-state index in [1.165, 1.54) is 24.5 Å². The van der Waals surface area contributed by atoms with Crippen LogP contribution in [0.15, 0.2) is 29.6 Å². The molecular formula is C15H15ClN2S. The maximum atomic E-state index is 5.91. The van der Waals surface area contributed by atoms with Gasteiger partial charge in [0.25, 0.3) is 0 Å². The molecule has 1 aromatic carbocycles. The van der Waals surface area contributed by atoms with Crippen molar-refractivity contribution in [2.45, 2.75) is 13.0 Å².